The quantitative estimate of drug-likeness (QED) is 0.571. The highest BCUT2D eigenvalue weighted by molar-refractivity contribution is 7.19. The van der Waals surface area contributed by atoms with Crippen molar-refractivity contribution in [1.82, 2.24) is 4.98 Å². The van der Waals surface area contributed by atoms with Gasteiger partial charge < -0.3 is 15.4 Å². The normalized spacial score (nSPS) is 10.4. The summed E-state index contributed by atoms with van der Waals surface area (Å²) in [6.07, 6.45) is 1.46. The van der Waals surface area contributed by atoms with Crippen LogP contribution < -0.4 is 10.6 Å². The van der Waals surface area contributed by atoms with Gasteiger partial charge in [0.1, 0.15) is 5.00 Å². The molecule has 0 aliphatic carbocycles. The fraction of sp³-hybridized carbons (Fsp3) is 0.182. The van der Waals surface area contributed by atoms with Gasteiger partial charge in [-0.15, -0.1) is 11.3 Å². The molecule has 154 valence electrons. The maximum atomic E-state index is 12.8. The zero-order chi connectivity index (χ0) is 21.7. The lowest BCUT2D eigenvalue weighted by Gasteiger charge is -2.07. The number of amides is 2. The first-order valence-corrected chi connectivity index (χ1v) is 10.1. The number of carbonyl (C=O) groups excluding carboxylic acids is 3. The zero-order valence-electron chi connectivity index (χ0n) is 16.8. The maximum absolute atomic E-state index is 12.8. The Hall–Kier alpha value is -3.52. The monoisotopic (exact) mass is 423 g/mol. The fourth-order valence-corrected chi connectivity index (χ4v) is 3.84. The van der Waals surface area contributed by atoms with Crippen LogP contribution in [0.4, 0.5) is 10.7 Å². The number of nitrogens with zero attached hydrogens (tertiary/aromatic N) is 1. The molecule has 7 nitrogen and oxygen atoms in total. The summed E-state index contributed by atoms with van der Waals surface area (Å²) < 4.78 is 5.14. The van der Waals surface area contributed by atoms with Gasteiger partial charge in [-0.3, -0.25) is 14.6 Å². The molecule has 2 amide bonds. The number of ether oxygens (including phenoxy) is 1. The third-order valence-electron chi connectivity index (χ3n) is 4.26. The van der Waals surface area contributed by atoms with Gasteiger partial charge in [-0.25, -0.2) is 4.79 Å². The summed E-state index contributed by atoms with van der Waals surface area (Å²) >= 11 is 1.03. The first-order chi connectivity index (χ1) is 14.4. The van der Waals surface area contributed by atoms with Gasteiger partial charge in [0.2, 0.25) is 0 Å². The SMILES string of the molecule is CCOC(=O)c1c(NC(=O)c2ccc(C)nc2)sc(C(=O)Nc2ccccc2)c1C. The number of nitrogens with one attached hydrogen (secondary N) is 2. The second-order valence-electron chi connectivity index (χ2n) is 6.44. The third kappa shape index (κ3) is 4.72. The molecule has 0 atom stereocenters. The van der Waals surface area contributed by atoms with E-state index < -0.39 is 11.9 Å². The van der Waals surface area contributed by atoms with E-state index in [2.05, 4.69) is 15.6 Å². The largest absolute Gasteiger partial charge is 0.462 e. The summed E-state index contributed by atoms with van der Waals surface area (Å²) in [6.45, 7) is 5.35. The van der Waals surface area contributed by atoms with Crippen LogP contribution in [0.25, 0.3) is 0 Å². The van der Waals surface area contributed by atoms with E-state index in [1.54, 1.807) is 38.1 Å². The van der Waals surface area contributed by atoms with Gasteiger partial charge in [-0.1, -0.05) is 18.2 Å². The van der Waals surface area contributed by atoms with E-state index >= 15 is 0 Å². The number of aryl methyl sites for hydroxylation is 1. The number of esters is 1. The molecule has 3 rings (SSSR count). The third-order valence-corrected chi connectivity index (χ3v) is 5.47. The molecule has 0 saturated carbocycles. The molecule has 2 N–H and O–H groups in total. The van der Waals surface area contributed by atoms with Crippen LogP contribution in [0.5, 0.6) is 0 Å². The first-order valence-electron chi connectivity index (χ1n) is 9.31. The molecule has 0 saturated heterocycles. The lowest BCUT2D eigenvalue weighted by atomic mass is 10.1. The second-order valence-corrected chi connectivity index (χ2v) is 7.46. The number of rotatable bonds is 6. The highest BCUT2D eigenvalue weighted by Gasteiger charge is 2.27. The van der Waals surface area contributed by atoms with Crippen molar-refractivity contribution in [1.29, 1.82) is 0 Å². The van der Waals surface area contributed by atoms with Crippen LogP contribution in [0.15, 0.2) is 48.7 Å². The summed E-state index contributed by atoms with van der Waals surface area (Å²) in [4.78, 5) is 42.4. The number of aromatic nitrogens is 1. The highest BCUT2D eigenvalue weighted by Crippen LogP contribution is 2.34. The Bertz CT molecular complexity index is 1080. The van der Waals surface area contributed by atoms with Gasteiger partial charge in [0.15, 0.2) is 0 Å². The summed E-state index contributed by atoms with van der Waals surface area (Å²) in [5.41, 5.74) is 2.38. The number of pyridine rings is 1. The van der Waals surface area contributed by atoms with E-state index in [0.717, 1.165) is 17.0 Å². The van der Waals surface area contributed by atoms with Crippen molar-refractivity contribution in [2.75, 3.05) is 17.2 Å². The number of para-hydroxylation sites is 1. The van der Waals surface area contributed by atoms with Gasteiger partial charge >= 0.3 is 5.97 Å². The molecule has 0 radical (unpaired) electrons. The van der Waals surface area contributed by atoms with Crippen molar-refractivity contribution in [3.05, 3.63) is 75.9 Å². The Labute approximate surface area is 178 Å². The molecule has 0 fully saturated rings. The molecule has 2 heterocycles. The van der Waals surface area contributed by atoms with Crippen molar-refractivity contribution >= 4 is 39.8 Å². The number of carbonyl (C=O) groups is 3. The summed E-state index contributed by atoms with van der Waals surface area (Å²) in [5, 5.41) is 5.78. The average Bonchev–Trinajstić information content (AvgIpc) is 3.05. The average molecular weight is 423 g/mol. The molecule has 0 aliphatic heterocycles. The first kappa shape index (κ1) is 21.2. The van der Waals surface area contributed by atoms with Crippen LogP contribution in [0.2, 0.25) is 0 Å². The van der Waals surface area contributed by atoms with Crippen LogP contribution >= 0.6 is 11.3 Å². The Kier molecular flexibility index (Phi) is 6.58. The van der Waals surface area contributed by atoms with Crippen molar-refractivity contribution < 1.29 is 19.1 Å². The molecule has 1 aromatic carbocycles. The molecule has 0 bridgehead atoms. The van der Waals surface area contributed by atoms with E-state index in [1.165, 1.54) is 6.20 Å². The van der Waals surface area contributed by atoms with Gasteiger partial charge in [0.05, 0.1) is 22.6 Å². The second kappa shape index (κ2) is 9.32. The lowest BCUT2D eigenvalue weighted by Crippen LogP contribution is -2.15. The van der Waals surface area contributed by atoms with Crippen LogP contribution in [0.3, 0.4) is 0 Å². The summed E-state index contributed by atoms with van der Waals surface area (Å²) in [5.74, 6) is -1.39. The van der Waals surface area contributed by atoms with Gasteiger partial charge in [-0.05, 0) is 50.6 Å². The molecule has 0 spiro atoms. The Balaban J connectivity index is 1.93. The van der Waals surface area contributed by atoms with Crippen LogP contribution in [-0.2, 0) is 4.74 Å². The number of hydrogen-bond acceptors (Lipinski definition) is 6. The molecule has 8 heteroatoms. The van der Waals surface area contributed by atoms with E-state index in [4.69, 9.17) is 4.74 Å². The molecular weight excluding hydrogens is 402 g/mol. The Morgan fingerprint density at radius 2 is 1.73 bits per heavy atom. The van der Waals surface area contributed by atoms with Gasteiger partial charge in [0, 0.05) is 17.6 Å². The molecule has 3 aromatic rings. The zero-order valence-corrected chi connectivity index (χ0v) is 17.6. The minimum absolute atomic E-state index is 0.175. The maximum Gasteiger partial charge on any atom is 0.341 e. The minimum Gasteiger partial charge on any atom is -0.462 e. The molecular formula is C22H21N3O4S. The topological polar surface area (TPSA) is 97.4 Å². The fourth-order valence-electron chi connectivity index (χ4n) is 2.75. The smallest absolute Gasteiger partial charge is 0.341 e. The number of benzene rings is 1. The molecule has 2 aromatic heterocycles. The minimum atomic E-state index is -0.595. The van der Waals surface area contributed by atoms with Crippen molar-refractivity contribution in [3.8, 4) is 0 Å². The highest BCUT2D eigenvalue weighted by atomic mass is 32.1. The van der Waals surface area contributed by atoms with Crippen LogP contribution in [0, 0.1) is 13.8 Å². The Morgan fingerprint density at radius 3 is 2.37 bits per heavy atom. The number of thiophene rings is 1. The van der Waals surface area contributed by atoms with Crippen LogP contribution in [0.1, 0.15) is 48.6 Å². The molecule has 0 unspecified atom stereocenters. The van der Waals surface area contributed by atoms with Crippen molar-refractivity contribution in [2.45, 2.75) is 20.8 Å². The number of hydrogen-bond donors (Lipinski definition) is 2. The number of anilines is 2. The van der Waals surface area contributed by atoms with Crippen molar-refractivity contribution in [2.24, 2.45) is 0 Å². The predicted octanol–water partition coefficient (Wildman–Crippen LogP) is 4.44. The molecule has 30 heavy (non-hydrogen) atoms. The Morgan fingerprint density at radius 1 is 1.00 bits per heavy atom. The van der Waals surface area contributed by atoms with E-state index in [-0.39, 0.29) is 23.1 Å². The van der Waals surface area contributed by atoms with Crippen LogP contribution in [-0.4, -0.2) is 29.4 Å². The van der Waals surface area contributed by atoms with E-state index in [0.29, 0.717) is 21.7 Å². The molecule has 0 aliphatic rings. The predicted molar refractivity (Wildman–Crippen MR) is 116 cm³/mol. The van der Waals surface area contributed by atoms with E-state index in [9.17, 15) is 14.4 Å². The van der Waals surface area contributed by atoms with Crippen molar-refractivity contribution in [3.63, 3.8) is 0 Å². The standard InChI is InChI=1S/C22H21N3O4S/c1-4-29-22(28)17-14(3)18(20(27)24-16-8-6-5-7-9-16)30-21(17)25-19(26)15-11-10-13(2)23-12-15/h5-12H,4H2,1-3H3,(H,24,27)(H,25,26). The van der Waals surface area contributed by atoms with Gasteiger partial charge in [-0.2, -0.15) is 0 Å². The van der Waals surface area contributed by atoms with Gasteiger partial charge in [0.25, 0.3) is 11.8 Å². The summed E-state index contributed by atoms with van der Waals surface area (Å²) in [6, 6.07) is 12.4. The lowest BCUT2D eigenvalue weighted by molar-refractivity contribution is 0.0527. The van der Waals surface area contributed by atoms with E-state index in [1.807, 2.05) is 25.1 Å². The summed E-state index contributed by atoms with van der Waals surface area (Å²) in [7, 11) is 0.